The van der Waals surface area contributed by atoms with Crippen LogP contribution in [0.25, 0.3) is 0 Å². The van der Waals surface area contributed by atoms with Crippen LogP contribution in [-0.4, -0.2) is 33.3 Å². The van der Waals surface area contributed by atoms with E-state index in [1.54, 1.807) is 0 Å². The highest BCUT2D eigenvalue weighted by Gasteiger charge is 2.49. The van der Waals surface area contributed by atoms with Gasteiger partial charge in [-0.3, -0.25) is 0 Å². The van der Waals surface area contributed by atoms with E-state index in [0.717, 1.165) is 125 Å². The monoisotopic (exact) mass is 1770 g/mol. The van der Waals surface area contributed by atoms with Gasteiger partial charge in [0.1, 0.15) is 23.0 Å². The molecule has 16 aromatic rings. The van der Waals surface area contributed by atoms with Gasteiger partial charge in [0.15, 0.2) is 0 Å². The third kappa shape index (κ3) is 15.4. The molecule has 0 amide bonds. The summed E-state index contributed by atoms with van der Waals surface area (Å²) >= 11 is 17.0. The lowest BCUT2D eigenvalue weighted by atomic mass is 9.81. The summed E-state index contributed by atoms with van der Waals surface area (Å²) in [5, 5.41) is 13.7. The van der Waals surface area contributed by atoms with Gasteiger partial charge >= 0.3 is 33.3 Å². The molecule has 16 rings (SSSR count). The molecule has 0 aromatic heterocycles. The molecular weight excluding hydrogens is 1700 g/mol. The van der Waals surface area contributed by atoms with E-state index in [9.17, 15) is 0 Å². The number of rotatable bonds is 27. The molecule has 16 aromatic carbocycles. The lowest BCUT2D eigenvalue weighted by molar-refractivity contribution is 0.565. The van der Waals surface area contributed by atoms with Crippen molar-refractivity contribution < 1.29 is 17.7 Å². The summed E-state index contributed by atoms with van der Waals surface area (Å²) in [7, 11) is -12.9. The molecule has 0 spiro atoms. The average molecular weight is 1780 g/mol. The highest BCUT2D eigenvalue weighted by Crippen LogP contribution is 2.44. The van der Waals surface area contributed by atoms with Crippen LogP contribution < -0.4 is 79.9 Å². The van der Waals surface area contributed by atoms with Crippen LogP contribution in [0.3, 0.4) is 0 Å². The minimum atomic E-state index is -3.23. The Balaban J connectivity index is 0.847. The summed E-state index contributed by atoms with van der Waals surface area (Å²) in [5.41, 5.74) is 4.48. The number of hydrogen-bond acceptors (Lipinski definition) is 4. The van der Waals surface area contributed by atoms with Crippen molar-refractivity contribution in [2.24, 2.45) is 0 Å². The highest BCUT2D eigenvalue weighted by atomic mass is 79.9. The van der Waals surface area contributed by atoms with E-state index >= 15 is 0 Å². The summed E-state index contributed by atoms with van der Waals surface area (Å²) in [4.78, 5) is 0. The lowest BCUT2D eigenvalue weighted by Crippen LogP contribution is -2.71. The number of benzene rings is 16. The summed E-state index contributed by atoms with van der Waals surface area (Å²) in [6.45, 7) is 0. The van der Waals surface area contributed by atoms with E-state index in [1.165, 1.54) is 0 Å². The minimum Gasteiger partial charge on any atom is -0.529 e. The fourth-order valence-electron chi connectivity index (χ4n) is 16.1. The topological polar surface area (TPSA) is 36.9 Å². The Hall–Kier alpha value is -10.5. The summed E-state index contributed by atoms with van der Waals surface area (Å²) < 4.78 is 34.8. The van der Waals surface area contributed by atoms with Gasteiger partial charge in [-0.15, -0.1) is 0 Å². The molecule has 0 saturated carbocycles. The molecule has 0 unspecified atom stereocenters. The second-order valence-corrected chi connectivity index (χ2v) is 44.6. The van der Waals surface area contributed by atoms with Crippen molar-refractivity contribution in [2.45, 2.75) is 24.7 Å². The van der Waals surface area contributed by atoms with Gasteiger partial charge in [0.2, 0.25) is 0 Å². The van der Waals surface area contributed by atoms with Crippen LogP contribution in [0, 0.1) is 0 Å². The van der Waals surface area contributed by atoms with Crippen molar-refractivity contribution in [1.29, 1.82) is 0 Å². The van der Waals surface area contributed by atoms with E-state index in [4.69, 9.17) is 17.7 Å². The Morgan fingerprint density at radius 2 is 0.295 bits per heavy atom. The summed E-state index contributed by atoms with van der Waals surface area (Å²) in [6, 6.07) is 156. The van der Waals surface area contributed by atoms with Crippen LogP contribution >= 0.6 is 63.7 Å². The van der Waals surface area contributed by atoms with Gasteiger partial charge in [-0.2, -0.15) is 0 Å². The zero-order valence-electron chi connectivity index (χ0n) is 61.3. The first-order valence-electron chi connectivity index (χ1n) is 37.7. The van der Waals surface area contributed by atoms with Crippen molar-refractivity contribution in [2.75, 3.05) is 0 Å². The van der Waals surface area contributed by atoms with E-state index in [-0.39, 0.29) is 11.8 Å². The zero-order valence-corrected chi connectivity index (χ0v) is 71.6. The molecule has 112 heavy (non-hydrogen) atoms. The van der Waals surface area contributed by atoms with E-state index in [2.05, 4.69) is 500 Å². The van der Waals surface area contributed by atoms with Gasteiger partial charge < -0.3 is 17.7 Å². The molecule has 0 fully saturated rings. The smallest absolute Gasteiger partial charge is 0.346 e. The Morgan fingerprint density at radius 1 is 0.170 bits per heavy atom. The SMILES string of the molecule is Brc1cc(C(CCC(c2ccc(O[Si](c3ccccc3)(c3ccccc3)c3ccccc3)c(Br)c2)c2ccc(O[Si](c3ccccc3)(c3ccccc3)c3ccccc3)c(Br)c2)c2ccc(O[Si](c3ccccc3)(c3ccccc3)c3ccccc3)c(Br)c2)ccc1O[Si](c1ccccc1)(c1ccccc1)c1ccccc1. The Kier molecular flexibility index (Phi) is 23.4. The molecular formula is C100H78Br4O4Si4. The van der Waals surface area contributed by atoms with Gasteiger partial charge in [-0.25, -0.2) is 0 Å². The van der Waals surface area contributed by atoms with Crippen molar-refractivity contribution in [3.05, 3.63) is 477 Å². The van der Waals surface area contributed by atoms with Gasteiger partial charge in [0.05, 0.1) is 17.9 Å². The standard InChI is InChI=1S/C100H78Br4O4Si4/c101-93-71-75(61-67-97(93)105-109(79-37-13-1-14-38-79,80-39-15-2-16-40-80)81-41-17-3-18-42-81)91(76-62-68-98(94(102)72-76)106-110(82-43-19-4-20-44-82,83-45-21-5-22-46-83)84-47-23-6-24-48-84)65-66-92(77-63-69-99(95(103)73-77)107-111(85-49-25-7-26-50-85,86-51-27-8-28-52-86)87-53-29-9-30-54-87)78-64-70-100(96(104)74-78)108-112(88-55-31-10-32-56-88,89-57-33-11-34-58-89)90-59-35-12-36-60-90/h1-64,67-74,91-92H,65-66H2. The molecule has 0 N–H and O–H groups in total. The van der Waals surface area contributed by atoms with Crippen molar-refractivity contribution >= 4 is 159 Å². The third-order valence-electron chi connectivity index (χ3n) is 21.4. The van der Waals surface area contributed by atoms with Gasteiger partial charge in [-0.1, -0.05) is 388 Å². The predicted molar refractivity (Wildman–Crippen MR) is 488 cm³/mol. The number of hydrogen-bond donors (Lipinski definition) is 0. The first-order valence-corrected chi connectivity index (χ1v) is 48.5. The van der Waals surface area contributed by atoms with Crippen LogP contribution in [0.4, 0.5) is 0 Å². The minimum absolute atomic E-state index is 0.169. The van der Waals surface area contributed by atoms with E-state index < -0.39 is 33.3 Å². The summed E-state index contributed by atoms with van der Waals surface area (Å²) in [5.74, 6) is 2.70. The summed E-state index contributed by atoms with van der Waals surface area (Å²) in [6.07, 6.45) is 1.42. The maximum absolute atomic E-state index is 7.84. The average Bonchev–Trinajstić information content (AvgIpc) is 0.764. The van der Waals surface area contributed by atoms with Gasteiger partial charge in [0.25, 0.3) is 0 Å². The predicted octanol–water partition coefficient (Wildman–Crippen LogP) is 18.7. The van der Waals surface area contributed by atoms with E-state index in [1.807, 2.05) is 0 Å². The fourth-order valence-corrected chi connectivity index (χ4v) is 34.0. The maximum atomic E-state index is 7.84. The van der Waals surface area contributed by atoms with Crippen LogP contribution in [-0.2, 0) is 0 Å². The van der Waals surface area contributed by atoms with Crippen LogP contribution in [0.2, 0.25) is 0 Å². The second-order valence-electron chi connectivity index (χ2n) is 28.0. The zero-order chi connectivity index (χ0) is 76.2. The molecule has 546 valence electrons. The lowest BCUT2D eigenvalue weighted by Gasteiger charge is -2.34. The molecule has 0 radical (unpaired) electrons. The van der Waals surface area contributed by atoms with Crippen molar-refractivity contribution in [3.63, 3.8) is 0 Å². The first-order chi connectivity index (χ1) is 55.1. The van der Waals surface area contributed by atoms with Crippen molar-refractivity contribution in [1.82, 2.24) is 0 Å². The van der Waals surface area contributed by atoms with E-state index in [0.29, 0.717) is 12.8 Å². The second kappa shape index (κ2) is 34.6. The molecule has 4 nitrogen and oxygen atoms in total. The van der Waals surface area contributed by atoms with Crippen LogP contribution in [0.5, 0.6) is 23.0 Å². The molecule has 0 atom stereocenters. The maximum Gasteiger partial charge on any atom is 0.346 e. The van der Waals surface area contributed by atoms with Crippen molar-refractivity contribution in [3.8, 4) is 23.0 Å². The molecule has 0 heterocycles. The molecule has 0 aliphatic carbocycles. The molecule has 0 bridgehead atoms. The quantitative estimate of drug-likeness (QED) is 0.0380. The molecule has 12 heteroatoms. The first kappa shape index (κ1) is 75.5. The van der Waals surface area contributed by atoms with Crippen LogP contribution in [0.1, 0.15) is 46.9 Å². The normalized spacial score (nSPS) is 11.8. The highest BCUT2D eigenvalue weighted by molar-refractivity contribution is 9.11. The molecule has 0 aliphatic heterocycles. The molecule has 0 saturated heterocycles. The Morgan fingerprint density at radius 3 is 0.411 bits per heavy atom. The Bertz CT molecular complexity index is 4660. The van der Waals surface area contributed by atoms with Gasteiger partial charge in [0, 0.05) is 11.8 Å². The Labute approximate surface area is 695 Å². The third-order valence-corrected chi connectivity index (χ3v) is 39.7. The molecule has 0 aliphatic rings. The fraction of sp³-hybridized carbons (Fsp3) is 0.0400. The number of halogens is 4. The largest absolute Gasteiger partial charge is 0.529 e. The van der Waals surface area contributed by atoms with Gasteiger partial charge in [-0.05, 0) is 210 Å². The van der Waals surface area contributed by atoms with Crippen LogP contribution in [0.15, 0.2) is 455 Å².